The number of rotatable bonds is 9. The highest BCUT2D eigenvalue weighted by Gasteiger charge is 2.41. The number of carbonyl (C=O) groups is 1. The highest BCUT2D eigenvalue weighted by Crippen LogP contribution is 2.41. The molecule has 246 valence electrons. The first-order chi connectivity index (χ1) is 23.1. The number of hydrogen-bond acceptors (Lipinski definition) is 9. The average molecular weight is 656 g/mol. The van der Waals surface area contributed by atoms with Gasteiger partial charge in [-0.25, -0.2) is 4.98 Å². The molecule has 0 bridgehead atoms. The molecule has 0 aliphatic carbocycles. The minimum absolute atomic E-state index is 0.0465. The van der Waals surface area contributed by atoms with Gasteiger partial charge in [0.05, 0.1) is 42.8 Å². The predicted octanol–water partition coefficient (Wildman–Crippen LogP) is 5.27. The van der Waals surface area contributed by atoms with Crippen molar-refractivity contribution in [2.45, 2.75) is 51.0 Å². The third kappa shape index (κ3) is 6.45. The zero-order chi connectivity index (χ0) is 34.0. The minimum Gasteiger partial charge on any atom is -0.395 e. The standard InChI is InChI=1S/C34H32F3N9O2/c1-44-20-41-43-32(44)25-7-6-21(16-39)11-26(25)23-14-30(40-9-4-8-38)42-31(15-23)46-18-28-27(33(46)48)12-22(13-29(28)34(35,36)37)17-45-10-3-2-5-24(45)19-47/h6-7,11-15,20,24,47H,2-5,9-10,17-19H2,1H3,(H,40,42)/t24-/m0/s1. The van der Waals surface area contributed by atoms with Crippen LogP contribution < -0.4 is 10.2 Å². The molecule has 6 rings (SSSR count). The summed E-state index contributed by atoms with van der Waals surface area (Å²) in [6.45, 7) is 0.615. The van der Waals surface area contributed by atoms with E-state index in [0.29, 0.717) is 46.0 Å². The molecular weight excluding hydrogens is 623 g/mol. The summed E-state index contributed by atoms with van der Waals surface area (Å²) in [7, 11) is 1.77. The van der Waals surface area contributed by atoms with Gasteiger partial charge in [-0.3, -0.25) is 14.6 Å². The SMILES string of the molecule is Cn1cnnc1-c1ccc(C#N)cc1-c1cc(NCCC#N)nc(N2Cc3c(cc(CN4CCCC[C@H]4CO)cc3C(F)(F)F)C2=O)c1. The number of anilines is 2. The fourth-order valence-corrected chi connectivity index (χ4v) is 6.43. The fourth-order valence-electron chi connectivity index (χ4n) is 6.43. The van der Waals surface area contributed by atoms with Crippen LogP contribution in [-0.2, 0) is 26.3 Å². The Morgan fingerprint density at radius 2 is 1.92 bits per heavy atom. The van der Waals surface area contributed by atoms with Crippen molar-refractivity contribution in [2.24, 2.45) is 7.05 Å². The second kappa shape index (κ2) is 13.4. The van der Waals surface area contributed by atoms with Crippen molar-refractivity contribution in [3.63, 3.8) is 0 Å². The number of nitrogens with one attached hydrogen (secondary N) is 1. The summed E-state index contributed by atoms with van der Waals surface area (Å²) < 4.78 is 45.3. The number of halogens is 3. The van der Waals surface area contributed by atoms with E-state index in [9.17, 15) is 28.3 Å². The summed E-state index contributed by atoms with van der Waals surface area (Å²) in [4.78, 5) is 21.8. The van der Waals surface area contributed by atoms with Gasteiger partial charge >= 0.3 is 6.18 Å². The van der Waals surface area contributed by atoms with Crippen molar-refractivity contribution in [3.8, 4) is 34.7 Å². The number of nitriles is 2. The van der Waals surface area contributed by atoms with Crippen LogP contribution in [-0.4, -0.2) is 61.4 Å². The zero-order valence-corrected chi connectivity index (χ0v) is 26.1. The number of aliphatic hydroxyl groups is 1. The van der Waals surface area contributed by atoms with E-state index >= 15 is 0 Å². The smallest absolute Gasteiger partial charge is 0.395 e. The van der Waals surface area contributed by atoms with Crippen LogP contribution in [0.5, 0.6) is 0 Å². The first kappa shape index (κ1) is 32.6. The normalized spacial score (nSPS) is 16.4. The number of fused-ring (bicyclic) bond motifs is 1. The second-order valence-corrected chi connectivity index (χ2v) is 11.9. The van der Waals surface area contributed by atoms with Gasteiger partial charge in [-0.1, -0.05) is 6.42 Å². The highest BCUT2D eigenvalue weighted by molar-refractivity contribution is 6.10. The van der Waals surface area contributed by atoms with Crippen molar-refractivity contribution >= 4 is 17.5 Å². The van der Waals surface area contributed by atoms with E-state index in [1.807, 2.05) is 4.90 Å². The number of hydrogen-bond donors (Lipinski definition) is 2. The Balaban J connectivity index is 1.44. The molecule has 2 aliphatic rings. The molecular formula is C34H32F3N9O2. The fraction of sp³-hybridized carbons (Fsp3) is 0.353. The number of piperidine rings is 1. The molecule has 4 aromatic rings. The van der Waals surface area contributed by atoms with Crippen LogP contribution in [0.25, 0.3) is 22.5 Å². The molecule has 11 nitrogen and oxygen atoms in total. The molecule has 0 spiro atoms. The van der Waals surface area contributed by atoms with Crippen LogP contribution in [0, 0.1) is 22.7 Å². The zero-order valence-electron chi connectivity index (χ0n) is 26.1. The van der Waals surface area contributed by atoms with Crippen LogP contribution in [0.1, 0.15) is 58.3 Å². The maximum absolute atomic E-state index is 14.5. The van der Waals surface area contributed by atoms with Gasteiger partial charge in [0.15, 0.2) is 5.82 Å². The summed E-state index contributed by atoms with van der Waals surface area (Å²) in [5.74, 6) is 0.285. The molecule has 2 aliphatic heterocycles. The van der Waals surface area contributed by atoms with Crippen molar-refractivity contribution in [2.75, 3.05) is 29.9 Å². The Morgan fingerprint density at radius 1 is 1.08 bits per heavy atom. The molecule has 1 saturated heterocycles. The first-order valence-electron chi connectivity index (χ1n) is 15.5. The van der Waals surface area contributed by atoms with Crippen molar-refractivity contribution in [1.29, 1.82) is 10.5 Å². The van der Waals surface area contributed by atoms with Crippen molar-refractivity contribution in [3.05, 3.63) is 76.6 Å². The molecule has 0 unspecified atom stereocenters. The van der Waals surface area contributed by atoms with Crippen molar-refractivity contribution < 1.29 is 23.1 Å². The molecule has 2 aromatic carbocycles. The van der Waals surface area contributed by atoms with E-state index < -0.39 is 17.6 Å². The van der Waals surface area contributed by atoms with Crippen molar-refractivity contribution in [1.82, 2.24) is 24.6 Å². The van der Waals surface area contributed by atoms with Crippen LogP contribution >= 0.6 is 0 Å². The van der Waals surface area contributed by atoms with Crippen LogP contribution in [0.4, 0.5) is 24.8 Å². The third-order valence-corrected chi connectivity index (χ3v) is 8.80. The predicted molar refractivity (Wildman–Crippen MR) is 170 cm³/mol. The summed E-state index contributed by atoms with van der Waals surface area (Å²) in [6.07, 6.45) is -0.448. The van der Waals surface area contributed by atoms with Gasteiger partial charge in [0.1, 0.15) is 18.0 Å². The molecule has 14 heteroatoms. The Morgan fingerprint density at radius 3 is 2.62 bits per heavy atom. The maximum Gasteiger partial charge on any atom is 0.416 e. The number of aromatic nitrogens is 4. The molecule has 1 atom stereocenters. The second-order valence-electron chi connectivity index (χ2n) is 11.9. The Hall–Kier alpha value is -5.31. The molecule has 2 aromatic heterocycles. The monoisotopic (exact) mass is 655 g/mol. The largest absolute Gasteiger partial charge is 0.416 e. The summed E-state index contributed by atoms with van der Waals surface area (Å²) in [6, 6.07) is 15.0. The minimum atomic E-state index is -4.71. The van der Waals surface area contributed by atoms with E-state index in [1.165, 1.54) is 17.3 Å². The summed E-state index contributed by atoms with van der Waals surface area (Å²) in [5.41, 5.74) is 1.37. The quantitative estimate of drug-likeness (QED) is 0.230. The number of pyridine rings is 1. The molecule has 0 radical (unpaired) electrons. The number of benzene rings is 2. The van der Waals surface area contributed by atoms with Crippen LogP contribution in [0.15, 0.2) is 48.8 Å². The lowest BCUT2D eigenvalue weighted by molar-refractivity contribution is -0.138. The molecule has 1 fully saturated rings. The Kier molecular flexibility index (Phi) is 9.13. The summed E-state index contributed by atoms with van der Waals surface area (Å²) >= 11 is 0. The highest BCUT2D eigenvalue weighted by atomic mass is 19.4. The topological polar surface area (TPSA) is 147 Å². The van der Waals surface area contributed by atoms with Gasteiger partial charge in [0.25, 0.3) is 5.91 Å². The van der Waals surface area contributed by atoms with E-state index in [4.69, 9.17) is 5.26 Å². The lowest BCUT2D eigenvalue weighted by Crippen LogP contribution is -2.41. The number of likely N-dealkylation sites (tertiary alicyclic amines) is 1. The van der Waals surface area contributed by atoms with E-state index in [2.05, 4.69) is 32.6 Å². The van der Waals surface area contributed by atoms with Gasteiger partial charge < -0.3 is 15.0 Å². The van der Waals surface area contributed by atoms with Gasteiger partial charge in [-0.05, 0) is 84.1 Å². The van der Waals surface area contributed by atoms with Gasteiger partial charge in [-0.2, -0.15) is 23.7 Å². The number of amides is 1. The molecule has 0 saturated carbocycles. The first-order valence-corrected chi connectivity index (χ1v) is 15.5. The molecule has 2 N–H and O–H groups in total. The number of carbonyl (C=O) groups excluding carboxylic acids is 1. The van der Waals surface area contributed by atoms with Gasteiger partial charge in [0.2, 0.25) is 0 Å². The average Bonchev–Trinajstić information content (AvgIpc) is 3.66. The number of alkyl halides is 3. The Labute approximate surface area is 274 Å². The lowest BCUT2D eigenvalue weighted by Gasteiger charge is -2.34. The number of nitrogens with zero attached hydrogens (tertiary/aromatic N) is 8. The van der Waals surface area contributed by atoms with Gasteiger partial charge in [-0.15, -0.1) is 10.2 Å². The third-order valence-electron chi connectivity index (χ3n) is 8.80. The number of aryl methyl sites for hydroxylation is 1. The maximum atomic E-state index is 14.5. The van der Waals surface area contributed by atoms with Crippen LogP contribution in [0.3, 0.4) is 0 Å². The Bertz CT molecular complexity index is 1940. The van der Waals surface area contributed by atoms with E-state index in [-0.39, 0.29) is 55.6 Å². The molecule has 4 heterocycles. The molecule has 48 heavy (non-hydrogen) atoms. The van der Waals surface area contributed by atoms with E-state index in [0.717, 1.165) is 25.3 Å². The molecule has 1 amide bonds. The van der Waals surface area contributed by atoms with Crippen LogP contribution in [0.2, 0.25) is 0 Å². The van der Waals surface area contributed by atoms with E-state index in [1.54, 1.807) is 41.9 Å². The van der Waals surface area contributed by atoms with Gasteiger partial charge in [0, 0.05) is 37.3 Å². The number of aliphatic hydroxyl groups excluding tert-OH is 1. The summed E-state index contributed by atoms with van der Waals surface area (Å²) in [5, 5.41) is 39.9. The lowest BCUT2D eigenvalue weighted by atomic mass is 9.97.